The number of carboxylic acid groups (broad SMARTS) is 1. The summed E-state index contributed by atoms with van der Waals surface area (Å²) < 4.78 is 0. The second kappa shape index (κ2) is 5.99. The Morgan fingerprint density at radius 2 is 2.06 bits per heavy atom. The molecule has 0 radical (unpaired) electrons. The lowest BCUT2D eigenvalue weighted by molar-refractivity contribution is -0.138. The minimum Gasteiger partial charge on any atom is -0.481 e. The SMILES string of the molecule is CN1CCC(NC(=O)NC(=O)CCC(=O)O)C1=O. The molecule has 0 spiro atoms. The first kappa shape index (κ1) is 13.9. The Hall–Kier alpha value is -2.12. The van der Waals surface area contributed by atoms with Crippen molar-refractivity contribution < 1.29 is 24.3 Å². The van der Waals surface area contributed by atoms with Crippen LogP contribution >= 0.6 is 0 Å². The van der Waals surface area contributed by atoms with Gasteiger partial charge >= 0.3 is 12.0 Å². The lowest BCUT2D eigenvalue weighted by atomic mass is 10.2. The standard InChI is InChI=1S/C10H15N3O5/c1-13-5-4-6(9(13)17)11-10(18)12-7(14)2-3-8(15)16/h6H,2-5H2,1H3,(H,15,16)(H2,11,12,14,18). The van der Waals surface area contributed by atoms with Crippen LogP contribution in [0.25, 0.3) is 0 Å². The maximum Gasteiger partial charge on any atom is 0.322 e. The first-order chi connectivity index (χ1) is 8.40. The van der Waals surface area contributed by atoms with E-state index in [-0.39, 0.29) is 18.7 Å². The highest BCUT2D eigenvalue weighted by Gasteiger charge is 2.30. The fourth-order valence-electron chi connectivity index (χ4n) is 1.56. The molecular formula is C10H15N3O5. The van der Waals surface area contributed by atoms with Crippen molar-refractivity contribution in [2.75, 3.05) is 13.6 Å². The quantitative estimate of drug-likeness (QED) is 0.591. The molecule has 1 unspecified atom stereocenters. The molecule has 1 saturated heterocycles. The number of rotatable bonds is 4. The average Bonchev–Trinajstić information content (AvgIpc) is 2.58. The summed E-state index contributed by atoms with van der Waals surface area (Å²) in [6.45, 7) is 0.552. The molecule has 100 valence electrons. The number of nitrogens with one attached hydrogen (secondary N) is 2. The van der Waals surface area contributed by atoms with E-state index < -0.39 is 23.9 Å². The van der Waals surface area contributed by atoms with E-state index in [2.05, 4.69) is 5.32 Å². The number of carbonyl (C=O) groups excluding carboxylic acids is 3. The van der Waals surface area contributed by atoms with Gasteiger partial charge in [-0.3, -0.25) is 19.7 Å². The maximum atomic E-state index is 11.5. The zero-order valence-electron chi connectivity index (χ0n) is 9.93. The minimum absolute atomic E-state index is 0.205. The Labute approximate surface area is 103 Å². The molecule has 8 heteroatoms. The second-order valence-corrected chi connectivity index (χ2v) is 4.02. The summed E-state index contributed by atoms with van der Waals surface area (Å²) in [5.41, 5.74) is 0. The molecule has 4 amide bonds. The molecule has 0 saturated carbocycles. The van der Waals surface area contributed by atoms with Crippen LogP contribution < -0.4 is 10.6 Å². The molecule has 1 rings (SSSR count). The van der Waals surface area contributed by atoms with Gasteiger partial charge in [0.2, 0.25) is 11.8 Å². The predicted octanol–water partition coefficient (Wildman–Crippen LogP) is -1.09. The van der Waals surface area contributed by atoms with Crippen molar-refractivity contribution >= 4 is 23.8 Å². The molecule has 0 aromatic rings. The molecule has 18 heavy (non-hydrogen) atoms. The van der Waals surface area contributed by atoms with Crippen molar-refractivity contribution in [1.29, 1.82) is 0 Å². The molecule has 8 nitrogen and oxygen atoms in total. The predicted molar refractivity (Wildman–Crippen MR) is 59.6 cm³/mol. The summed E-state index contributed by atoms with van der Waals surface area (Å²) in [4.78, 5) is 45.7. The number of urea groups is 1. The lowest BCUT2D eigenvalue weighted by Crippen LogP contribution is -2.47. The van der Waals surface area contributed by atoms with Crippen LogP contribution in [0, 0.1) is 0 Å². The molecule has 3 N–H and O–H groups in total. The smallest absolute Gasteiger partial charge is 0.322 e. The number of hydrogen-bond donors (Lipinski definition) is 3. The van der Waals surface area contributed by atoms with Gasteiger partial charge in [-0.05, 0) is 6.42 Å². The van der Waals surface area contributed by atoms with E-state index in [1.807, 2.05) is 5.32 Å². The van der Waals surface area contributed by atoms with Crippen LogP contribution in [-0.4, -0.2) is 53.5 Å². The number of carboxylic acids is 1. The monoisotopic (exact) mass is 257 g/mol. The Morgan fingerprint density at radius 1 is 1.39 bits per heavy atom. The molecule has 1 aliphatic rings. The highest BCUT2D eigenvalue weighted by atomic mass is 16.4. The van der Waals surface area contributed by atoms with Gasteiger partial charge in [-0.2, -0.15) is 0 Å². The molecule has 0 aliphatic carbocycles. The van der Waals surface area contributed by atoms with E-state index in [0.717, 1.165) is 0 Å². The molecule has 0 bridgehead atoms. The van der Waals surface area contributed by atoms with Crippen molar-refractivity contribution in [3.05, 3.63) is 0 Å². The highest BCUT2D eigenvalue weighted by molar-refractivity contribution is 5.97. The Kier molecular flexibility index (Phi) is 4.64. The lowest BCUT2D eigenvalue weighted by Gasteiger charge is -2.12. The fraction of sp³-hybridized carbons (Fsp3) is 0.600. The Balaban J connectivity index is 2.31. The third-order valence-electron chi connectivity index (χ3n) is 2.55. The van der Waals surface area contributed by atoms with Gasteiger partial charge in [-0.25, -0.2) is 4.79 Å². The van der Waals surface area contributed by atoms with Crippen LogP contribution in [0.2, 0.25) is 0 Å². The van der Waals surface area contributed by atoms with E-state index in [1.54, 1.807) is 7.05 Å². The Bertz CT molecular complexity index is 382. The summed E-state index contributed by atoms with van der Waals surface area (Å²) in [5.74, 6) is -2.00. The van der Waals surface area contributed by atoms with Crippen molar-refractivity contribution in [3.63, 3.8) is 0 Å². The largest absolute Gasteiger partial charge is 0.481 e. The number of likely N-dealkylation sites (N-methyl/N-ethyl adjacent to an activating group) is 1. The maximum absolute atomic E-state index is 11.5. The summed E-state index contributed by atoms with van der Waals surface area (Å²) in [7, 11) is 1.62. The zero-order valence-corrected chi connectivity index (χ0v) is 9.93. The molecule has 1 atom stereocenters. The topological polar surface area (TPSA) is 116 Å². The van der Waals surface area contributed by atoms with Gasteiger partial charge in [0.15, 0.2) is 0 Å². The van der Waals surface area contributed by atoms with E-state index in [4.69, 9.17) is 5.11 Å². The van der Waals surface area contributed by atoms with E-state index in [9.17, 15) is 19.2 Å². The average molecular weight is 257 g/mol. The fourth-order valence-corrected chi connectivity index (χ4v) is 1.56. The zero-order chi connectivity index (χ0) is 13.7. The van der Waals surface area contributed by atoms with Crippen molar-refractivity contribution in [2.24, 2.45) is 0 Å². The number of hydrogen-bond acceptors (Lipinski definition) is 4. The van der Waals surface area contributed by atoms with Gasteiger partial charge in [0.25, 0.3) is 0 Å². The minimum atomic E-state index is -1.11. The van der Waals surface area contributed by atoms with E-state index in [1.165, 1.54) is 4.90 Å². The third kappa shape index (κ3) is 4.04. The number of amides is 4. The van der Waals surface area contributed by atoms with Gasteiger partial charge in [0, 0.05) is 20.0 Å². The normalized spacial score (nSPS) is 18.6. The number of likely N-dealkylation sites (tertiary alicyclic amines) is 1. The first-order valence-corrected chi connectivity index (χ1v) is 5.47. The van der Waals surface area contributed by atoms with Gasteiger partial charge in [0.1, 0.15) is 6.04 Å². The third-order valence-corrected chi connectivity index (χ3v) is 2.55. The van der Waals surface area contributed by atoms with Crippen molar-refractivity contribution in [3.8, 4) is 0 Å². The number of aliphatic carboxylic acids is 1. The van der Waals surface area contributed by atoms with Crippen LogP contribution in [0.5, 0.6) is 0 Å². The molecule has 0 aromatic heterocycles. The van der Waals surface area contributed by atoms with Gasteiger partial charge < -0.3 is 15.3 Å². The van der Waals surface area contributed by atoms with Crippen LogP contribution in [0.15, 0.2) is 0 Å². The Morgan fingerprint density at radius 3 is 2.56 bits per heavy atom. The van der Waals surface area contributed by atoms with Crippen molar-refractivity contribution in [2.45, 2.75) is 25.3 Å². The van der Waals surface area contributed by atoms with Crippen LogP contribution in [-0.2, 0) is 14.4 Å². The molecule has 1 aliphatic heterocycles. The molecular weight excluding hydrogens is 242 g/mol. The van der Waals surface area contributed by atoms with Gasteiger partial charge in [-0.1, -0.05) is 0 Å². The summed E-state index contributed by atoms with van der Waals surface area (Å²) in [6.07, 6.45) is -0.127. The van der Waals surface area contributed by atoms with Crippen LogP contribution in [0.3, 0.4) is 0 Å². The number of imide groups is 1. The molecule has 1 fully saturated rings. The second-order valence-electron chi connectivity index (χ2n) is 4.02. The van der Waals surface area contributed by atoms with Gasteiger partial charge in [0.05, 0.1) is 6.42 Å². The molecule has 1 heterocycles. The van der Waals surface area contributed by atoms with Crippen LogP contribution in [0.1, 0.15) is 19.3 Å². The van der Waals surface area contributed by atoms with Crippen LogP contribution in [0.4, 0.5) is 4.79 Å². The first-order valence-electron chi connectivity index (χ1n) is 5.47. The number of carbonyl (C=O) groups is 4. The number of nitrogens with zero attached hydrogens (tertiary/aromatic N) is 1. The van der Waals surface area contributed by atoms with E-state index in [0.29, 0.717) is 13.0 Å². The summed E-state index contributed by atoms with van der Waals surface area (Å²) in [6, 6.07) is -1.40. The van der Waals surface area contributed by atoms with Gasteiger partial charge in [-0.15, -0.1) is 0 Å². The summed E-state index contributed by atoms with van der Waals surface area (Å²) >= 11 is 0. The molecule has 0 aromatic carbocycles. The van der Waals surface area contributed by atoms with Crippen molar-refractivity contribution in [1.82, 2.24) is 15.5 Å². The van der Waals surface area contributed by atoms with E-state index >= 15 is 0 Å². The highest BCUT2D eigenvalue weighted by Crippen LogP contribution is 2.07. The summed E-state index contributed by atoms with van der Waals surface area (Å²) in [5, 5.41) is 12.7.